The normalized spacial score (nSPS) is 15.0. The first-order chi connectivity index (χ1) is 11.2. The number of rotatable bonds is 6. The monoisotopic (exact) mass is 324 g/mol. The van der Waals surface area contributed by atoms with E-state index >= 15 is 0 Å². The molecule has 1 saturated heterocycles. The lowest BCUT2D eigenvalue weighted by Gasteiger charge is -2.33. The molecule has 3 nitrogen and oxygen atoms in total. The molecule has 0 bridgehead atoms. The van der Waals surface area contributed by atoms with Crippen LogP contribution in [0.5, 0.6) is 0 Å². The summed E-state index contributed by atoms with van der Waals surface area (Å²) in [7, 11) is 0. The van der Waals surface area contributed by atoms with Crippen LogP contribution in [0.3, 0.4) is 0 Å². The van der Waals surface area contributed by atoms with Crippen LogP contribution in [0.2, 0.25) is 0 Å². The molecule has 0 unspecified atom stereocenters. The Hall–Kier alpha value is -1.51. The number of nitrogens with zero attached hydrogens (tertiary/aromatic N) is 2. The van der Waals surface area contributed by atoms with Crippen molar-refractivity contribution in [2.75, 3.05) is 26.3 Å². The topological polar surface area (TPSA) is 36.3 Å². The van der Waals surface area contributed by atoms with Crippen LogP contribution in [-0.2, 0) is 11.2 Å². The average molecular weight is 324 g/mol. The van der Waals surface area contributed by atoms with E-state index in [0.717, 1.165) is 32.1 Å². The fourth-order valence-electron chi connectivity index (χ4n) is 2.71. The minimum absolute atomic E-state index is 0.385. The second-order valence-corrected chi connectivity index (χ2v) is 5.27. The summed E-state index contributed by atoms with van der Waals surface area (Å²) in [6.07, 6.45) is 2.87. The Balaban J connectivity index is 0.00000127. The Morgan fingerprint density at radius 1 is 1.22 bits per heavy atom. The van der Waals surface area contributed by atoms with Gasteiger partial charge < -0.3 is 4.74 Å². The minimum Gasteiger partial charge on any atom is -0.381 e. The molecule has 5 heteroatoms. The maximum Gasteiger partial charge on any atom is 0.129 e. The van der Waals surface area contributed by atoms with E-state index in [-0.39, 0.29) is 0 Å². The maximum absolute atomic E-state index is 13.7. The quantitative estimate of drug-likeness (QED) is 0.795. The van der Waals surface area contributed by atoms with E-state index in [9.17, 15) is 8.78 Å². The Morgan fingerprint density at radius 2 is 1.91 bits per heavy atom. The molecule has 0 atom stereocenters. The molecule has 23 heavy (non-hydrogen) atoms. The van der Waals surface area contributed by atoms with Crippen molar-refractivity contribution in [2.24, 2.45) is 0 Å². The fourth-order valence-corrected chi connectivity index (χ4v) is 2.71. The van der Waals surface area contributed by atoms with Crippen LogP contribution in [-0.4, -0.2) is 37.2 Å². The molecule has 0 aromatic heterocycles. The predicted octanol–water partition coefficient (Wildman–Crippen LogP) is 3.93. The highest BCUT2D eigenvalue weighted by molar-refractivity contribution is 5.18. The highest BCUT2D eigenvalue weighted by Crippen LogP contribution is 2.17. The zero-order valence-electron chi connectivity index (χ0n) is 14.0. The van der Waals surface area contributed by atoms with Gasteiger partial charge in [-0.05, 0) is 30.9 Å². The van der Waals surface area contributed by atoms with Crippen molar-refractivity contribution in [3.63, 3.8) is 0 Å². The van der Waals surface area contributed by atoms with Crippen molar-refractivity contribution in [2.45, 2.75) is 45.6 Å². The van der Waals surface area contributed by atoms with Crippen LogP contribution in [0.15, 0.2) is 18.2 Å². The number of ether oxygens (including phenoxy) is 1. The first kappa shape index (κ1) is 19.5. The van der Waals surface area contributed by atoms with Gasteiger partial charge in [-0.3, -0.25) is 4.90 Å². The lowest BCUT2D eigenvalue weighted by molar-refractivity contribution is 0.0350. The van der Waals surface area contributed by atoms with E-state index in [1.807, 2.05) is 13.8 Å². The summed E-state index contributed by atoms with van der Waals surface area (Å²) in [6.45, 7) is 6.83. The number of hydrogen-bond donors (Lipinski definition) is 0. The van der Waals surface area contributed by atoms with E-state index < -0.39 is 11.6 Å². The van der Waals surface area contributed by atoms with Gasteiger partial charge in [0.25, 0.3) is 0 Å². The molecule has 128 valence electrons. The third-order valence-electron chi connectivity index (χ3n) is 3.90. The summed E-state index contributed by atoms with van der Waals surface area (Å²) in [5.74, 6) is -1.05. The Morgan fingerprint density at radius 3 is 2.52 bits per heavy atom. The molecule has 0 amide bonds. The molecule has 2 rings (SSSR count). The van der Waals surface area contributed by atoms with E-state index in [1.54, 1.807) is 0 Å². The summed E-state index contributed by atoms with van der Waals surface area (Å²) in [6, 6.07) is 6.24. The second kappa shape index (κ2) is 11.1. The molecule has 1 fully saturated rings. The van der Waals surface area contributed by atoms with E-state index in [1.165, 1.54) is 12.1 Å². The van der Waals surface area contributed by atoms with Crippen LogP contribution in [0.25, 0.3) is 0 Å². The minimum atomic E-state index is -0.554. The van der Waals surface area contributed by atoms with Crippen LogP contribution >= 0.6 is 0 Å². The molecule has 0 N–H and O–H groups in total. The molecule has 1 aromatic carbocycles. The molecule has 0 radical (unpaired) electrons. The first-order valence-electron chi connectivity index (χ1n) is 8.33. The van der Waals surface area contributed by atoms with Gasteiger partial charge in [0.1, 0.15) is 11.6 Å². The van der Waals surface area contributed by atoms with Crippen molar-refractivity contribution in [1.29, 1.82) is 5.26 Å². The van der Waals surface area contributed by atoms with Crippen molar-refractivity contribution in [3.05, 3.63) is 35.4 Å². The SMILES string of the molecule is CC.N#CCCN(CCc1ccc(F)cc1F)C1CCOCC1. The highest BCUT2D eigenvalue weighted by Gasteiger charge is 2.21. The zero-order chi connectivity index (χ0) is 17.1. The summed E-state index contributed by atoms with van der Waals surface area (Å²) < 4.78 is 31.9. The largest absolute Gasteiger partial charge is 0.381 e. The maximum atomic E-state index is 13.7. The molecule has 1 aromatic rings. The van der Waals surface area contributed by atoms with Crippen LogP contribution in [0, 0.1) is 23.0 Å². The fraction of sp³-hybridized carbons (Fsp3) is 0.611. The van der Waals surface area contributed by atoms with E-state index in [4.69, 9.17) is 10.00 Å². The van der Waals surface area contributed by atoms with Crippen molar-refractivity contribution in [1.82, 2.24) is 4.90 Å². The van der Waals surface area contributed by atoms with Crippen molar-refractivity contribution < 1.29 is 13.5 Å². The Bertz CT molecular complexity index is 496. The molecule has 1 aliphatic rings. The molecule has 0 saturated carbocycles. The van der Waals surface area contributed by atoms with Gasteiger partial charge in [0.2, 0.25) is 0 Å². The van der Waals surface area contributed by atoms with E-state index in [0.29, 0.717) is 37.5 Å². The third kappa shape index (κ3) is 6.64. The molecule has 1 aliphatic heterocycles. The number of halogens is 2. The third-order valence-corrected chi connectivity index (χ3v) is 3.90. The smallest absolute Gasteiger partial charge is 0.129 e. The second-order valence-electron chi connectivity index (χ2n) is 5.27. The zero-order valence-corrected chi connectivity index (χ0v) is 14.0. The highest BCUT2D eigenvalue weighted by atomic mass is 19.1. The van der Waals surface area contributed by atoms with Crippen LogP contribution in [0.4, 0.5) is 8.78 Å². The molecular formula is C18H26F2N2O. The molecular weight excluding hydrogens is 298 g/mol. The van der Waals surface area contributed by atoms with Crippen LogP contribution in [0.1, 0.15) is 38.7 Å². The van der Waals surface area contributed by atoms with Gasteiger partial charge in [-0.15, -0.1) is 0 Å². The Labute approximate surface area is 137 Å². The number of benzene rings is 1. The molecule has 1 heterocycles. The summed E-state index contributed by atoms with van der Waals surface area (Å²) in [5.41, 5.74) is 0.519. The number of nitriles is 1. The van der Waals surface area contributed by atoms with Crippen molar-refractivity contribution >= 4 is 0 Å². The van der Waals surface area contributed by atoms with Gasteiger partial charge in [-0.1, -0.05) is 19.9 Å². The summed E-state index contributed by atoms with van der Waals surface area (Å²) in [5, 5.41) is 8.77. The average Bonchev–Trinajstić information content (AvgIpc) is 2.59. The predicted molar refractivity (Wildman–Crippen MR) is 87.1 cm³/mol. The lowest BCUT2D eigenvalue weighted by Crippen LogP contribution is -2.41. The van der Waals surface area contributed by atoms with Gasteiger partial charge >= 0.3 is 0 Å². The van der Waals surface area contributed by atoms with Gasteiger partial charge in [0.15, 0.2) is 0 Å². The van der Waals surface area contributed by atoms with E-state index in [2.05, 4.69) is 11.0 Å². The van der Waals surface area contributed by atoms with Gasteiger partial charge in [-0.25, -0.2) is 8.78 Å². The first-order valence-corrected chi connectivity index (χ1v) is 8.33. The van der Waals surface area contributed by atoms with Crippen molar-refractivity contribution in [3.8, 4) is 6.07 Å². The molecule has 0 aliphatic carbocycles. The number of hydrogen-bond acceptors (Lipinski definition) is 3. The lowest BCUT2D eigenvalue weighted by atomic mass is 10.0. The summed E-state index contributed by atoms with van der Waals surface area (Å²) >= 11 is 0. The Kier molecular flexibility index (Phi) is 9.42. The van der Waals surface area contributed by atoms with Gasteiger partial charge in [0.05, 0.1) is 6.07 Å². The standard InChI is InChI=1S/C16H20F2N2O.C2H6/c17-14-3-2-13(16(18)12-14)4-9-20(8-1-7-19)15-5-10-21-11-6-15;1-2/h2-3,12,15H,1,4-6,8-11H2;1-2H3. The van der Waals surface area contributed by atoms with Crippen LogP contribution < -0.4 is 0 Å². The molecule has 0 spiro atoms. The van der Waals surface area contributed by atoms with Gasteiger partial charge in [-0.2, -0.15) is 5.26 Å². The summed E-state index contributed by atoms with van der Waals surface area (Å²) in [4.78, 5) is 2.23. The van der Waals surface area contributed by atoms with Gasteiger partial charge in [0, 0.05) is 44.8 Å².